The van der Waals surface area contributed by atoms with Gasteiger partial charge in [-0.25, -0.2) is 0 Å². The van der Waals surface area contributed by atoms with Gasteiger partial charge in [-0.05, 0) is 25.7 Å². The molecule has 0 aromatic carbocycles. The Labute approximate surface area is 93.6 Å². The van der Waals surface area contributed by atoms with Crippen LogP contribution >= 0.6 is 0 Å². The first-order valence-electron chi connectivity index (χ1n) is 5.79. The maximum absolute atomic E-state index is 12.0. The molecule has 1 amide bonds. The molecule has 94 valence electrons. The van der Waals surface area contributed by atoms with Gasteiger partial charge >= 0.3 is 12.1 Å². The van der Waals surface area contributed by atoms with Gasteiger partial charge in [0, 0.05) is 6.04 Å². The van der Waals surface area contributed by atoms with E-state index < -0.39 is 12.1 Å². The summed E-state index contributed by atoms with van der Waals surface area (Å²) in [7, 11) is 0. The number of alkyl halides is 3. The molecule has 1 N–H and O–H groups in total. The average molecular weight is 237 g/mol. The minimum atomic E-state index is -4.76. The van der Waals surface area contributed by atoms with Crippen molar-refractivity contribution in [1.82, 2.24) is 5.32 Å². The largest absolute Gasteiger partial charge is 0.471 e. The molecule has 2 nitrogen and oxygen atoms in total. The Balaban J connectivity index is 2.44. The third kappa shape index (κ3) is 4.02. The van der Waals surface area contributed by atoms with Crippen molar-refractivity contribution in [2.75, 3.05) is 0 Å². The van der Waals surface area contributed by atoms with Crippen molar-refractivity contribution in [3.63, 3.8) is 0 Å². The first kappa shape index (κ1) is 13.3. The van der Waals surface area contributed by atoms with Crippen LogP contribution in [0, 0.1) is 5.92 Å². The van der Waals surface area contributed by atoms with Crippen molar-refractivity contribution in [2.45, 2.75) is 57.7 Å². The Hall–Kier alpha value is -0.740. The molecule has 1 rings (SSSR count). The average Bonchev–Trinajstić information content (AvgIpc) is 2.43. The van der Waals surface area contributed by atoms with Crippen LogP contribution in [0.1, 0.15) is 45.4 Å². The molecule has 0 radical (unpaired) electrons. The van der Waals surface area contributed by atoms with Gasteiger partial charge in [-0.1, -0.05) is 25.7 Å². The van der Waals surface area contributed by atoms with Crippen LogP contribution in [0.3, 0.4) is 0 Å². The number of hydrogen-bond acceptors (Lipinski definition) is 1. The van der Waals surface area contributed by atoms with Crippen LogP contribution in [-0.2, 0) is 4.79 Å². The summed E-state index contributed by atoms with van der Waals surface area (Å²) in [6.45, 7) is 1.67. The standard InChI is InChI=1S/C11H18F3NO/c1-8(15-10(16)11(12,13)14)9-6-4-2-3-5-7-9/h8-9H,2-7H2,1H3,(H,15,16)/t8-/m0/s1. The zero-order chi connectivity index (χ0) is 12.2. The number of amides is 1. The summed E-state index contributed by atoms with van der Waals surface area (Å²) < 4.78 is 36.1. The molecule has 0 aliphatic heterocycles. The third-order valence-corrected chi connectivity index (χ3v) is 3.22. The normalized spacial score (nSPS) is 21.2. The van der Waals surface area contributed by atoms with Crippen molar-refractivity contribution >= 4 is 5.91 Å². The van der Waals surface area contributed by atoms with Crippen molar-refractivity contribution in [2.24, 2.45) is 5.92 Å². The van der Waals surface area contributed by atoms with Gasteiger partial charge in [0.05, 0.1) is 0 Å². The summed E-state index contributed by atoms with van der Waals surface area (Å²) in [4.78, 5) is 10.8. The van der Waals surface area contributed by atoms with E-state index in [-0.39, 0.29) is 12.0 Å². The Morgan fingerprint density at radius 1 is 1.19 bits per heavy atom. The lowest BCUT2D eigenvalue weighted by atomic mass is 9.93. The molecular weight excluding hydrogens is 219 g/mol. The van der Waals surface area contributed by atoms with Crippen LogP contribution in [0.25, 0.3) is 0 Å². The monoisotopic (exact) mass is 237 g/mol. The molecule has 0 spiro atoms. The Morgan fingerprint density at radius 3 is 2.12 bits per heavy atom. The van der Waals surface area contributed by atoms with E-state index in [0.717, 1.165) is 38.5 Å². The molecule has 0 aromatic rings. The van der Waals surface area contributed by atoms with Crippen LogP contribution in [-0.4, -0.2) is 18.1 Å². The van der Waals surface area contributed by atoms with Crippen LogP contribution in [0.15, 0.2) is 0 Å². The van der Waals surface area contributed by atoms with Crippen LogP contribution in [0.2, 0.25) is 0 Å². The second-order valence-corrected chi connectivity index (χ2v) is 4.51. The minimum absolute atomic E-state index is 0.189. The SMILES string of the molecule is C[C@H](NC(=O)C(F)(F)F)C1CCCCCC1. The molecule has 1 aliphatic carbocycles. The van der Waals surface area contributed by atoms with Gasteiger partial charge in [-0.2, -0.15) is 13.2 Å². The van der Waals surface area contributed by atoms with Gasteiger partial charge in [-0.3, -0.25) is 4.79 Å². The molecule has 0 heterocycles. The summed E-state index contributed by atoms with van der Waals surface area (Å²) in [5, 5.41) is 2.05. The lowest BCUT2D eigenvalue weighted by molar-refractivity contribution is -0.174. The zero-order valence-electron chi connectivity index (χ0n) is 9.44. The van der Waals surface area contributed by atoms with E-state index in [0.29, 0.717) is 0 Å². The van der Waals surface area contributed by atoms with E-state index in [2.05, 4.69) is 5.32 Å². The Bertz CT molecular complexity index is 232. The molecule has 1 fully saturated rings. The molecule has 1 saturated carbocycles. The van der Waals surface area contributed by atoms with Crippen molar-refractivity contribution in [1.29, 1.82) is 0 Å². The Kier molecular flexibility index (Phi) is 4.62. The van der Waals surface area contributed by atoms with E-state index in [1.807, 2.05) is 0 Å². The van der Waals surface area contributed by atoms with E-state index >= 15 is 0 Å². The van der Waals surface area contributed by atoms with Crippen molar-refractivity contribution < 1.29 is 18.0 Å². The maximum Gasteiger partial charge on any atom is 0.471 e. The van der Waals surface area contributed by atoms with E-state index in [1.165, 1.54) is 0 Å². The number of hydrogen-bond donors (Lipinski definition) is 1. The Morgan fingerprint density at radius 2 is 1.69 bits per heavy atom. The zero-order valence-corrected chi connectivity index (χ0v) is 9.44. The van der Waals surface area contributed by atoms with Crippen LogP contribution in [0.4, 0.5) is 13.2 Å². The molecule has 0 aromatic heterocycles. The summed E-state index contributed by atoms with van der Waals surface area (Å²) in [6.07, 6.45) is 1.47. The molecule has 5 heteroatoms. The highest BCUT2D eigenvalue weighted by atomic mass is 19.4. The lowest BCUT2D eigenvalue weighted by Crippen LogP contribution is -2.44. The molecule has 0 saturated heterocycles. The van der Waals surface area contributed by atoms with E-state index in [9.17, 15) is 18.0 Å². The van der Waals surface area contributed by atoms with Crippen molar-refractivity contribution in [3.8, 4) is 0 Å². The van der Waals surface area contributed by atoms with E-state index in [4.69, 9.17) is 0 Å². The summed E-state index contributed by atoms with van der Waals surface area (Å²) in [5.74, 6) is -1.63. The quantitative estimate of drug-likeness (QED) is 0.735. The predicted molar refractivity (Wildman–Crippen MR) is 54.9 cm³/mol. The number of carbonyl (C=O) groups excluding carboxylic acids is 1. The fraction of sp³-hybridized carbons (Fsp3) is 0.909. The molecule has 16 heavy (non-hydrogen) atoms. The van der Waals surface area contributed by atoms with Gasteiger partial charge in [0.1, 0.15) is 0 Å². The summed E-state index contributed by atoms with van der Waals surface area (Å²) in [6, 6.07) is -0.382. The lowest BCUT2D eigenvalue weighted by Gasteiger charge is -2.23. The van der Waals surface area contributed by atoms with Gasteiger partial charge < -0.3 is 5.32 Å². The van der Waals surface area contributed by atoms with Gasteiger partial charge in [0.15, 0.2) is 0 Å². The number of nitrogens with one attached hydrogen (secondary N) is 1. The fourth-order valence-electron chi connectivity index (χ4n) is 2.22. The second kappa shape index (κ2) is 5.55. The molecular formula is C11H18F3NO. The smallest absolute Gasteiger partial charge is 0.346 e. The highest BCUT2D eigenvalue weighted by molar-refractivity contribution is 5.81. The second-order valence-electron chi connectivity index (χ2n) is 4.51. The van der Waals surface area contributed by atoms with Crippen LogP contribution in [0.5, 0.6) is 0 Å². The molecule has 1 aliphatic rings. The first-order valence-corrected chi connectivity index (χ1v) is 5.79. The maximum atomic E-state index is 12.0. The van der Waals surface area contributed by atoms with Gasteiger partial charge in [0.2, 0.25) is 0 Å². The molecule has 0 unspecified atom stereocenters. The highest BCUT2D eigenvalue weighted by Crippen LogP contribution is 2.26. The fourth-order valence-corrected chi connectivity index (χ4v) is 2.22. The van der Waals surface area contributed by atoms with E-state index in [1.54, 1.807) is 6.92 Å². The third-order valence-electron chi connectivity index (χ3n) is 3.22. The number of halogens is 3. The molecule has 1 atom stereocenters. The summed E-state index contributed by atoms with van der Waals surface area (Å²) >= 11 is 0. The van der Waals surface area contributed by atoms with Crippen LogP contribution < -0.4 is 5.32 Å². The van der Waals surface area contributed by atoms with Gasteiger partial charge in [-0.15, -0.1) is 0 Å². The topological polar surface area (TPSA) is 29.1 Å². The van der Waals surface area contributed by atoms with Crippen molar-refractivity contribution in [3.05, 3.63) is 0 Å². The highest BCUT2D eigenvalue weighted by Gasteiger charge is 2.39. The van der Waals surface area contributed by atoms with Gasteiger partial charge in [0.25, 0.3) is 0 Å². The minimum Gasteiger partial charge on any atom is -0.346 e. The molecule has 0 bridgehead atoms. The predicted octanol–water partition coefficient (Wildman–Crippen LogP) is 3.02. The number of rotatable bonds is 2. The number of carbonyl (C=O) groups is 1. The summed E-state index contributed by atoms with van der Waals surface area (Å²) in [5.41, 5.74) is 0. The first-order chi connectivity index (χ1) is 7.41.